The molecule has 102 valence electrons. The lowest BCUT2D eigenvalue weighted by atomic mass is 10.2. The smallest absolute Gasteiger partial charge is 0.397 e. The van der Waals surface area contributed by atoms with Crippen molar-refractivity contribution in [2.24, 2.45) is 0 Å². The molecule has 0 atom stereocenters. The average Bonchev–Trinajstić information content (AvgIpc) is 2.80. The van der Waals surface area contributed by atoms with Gasteiger partial charge in [0.25, 0.3) is 0 Å². The summed E-state index contributed by atoms with van der Waals surface area (Å²) in [5, 5.41) is 0. The van der Waals surface area contributed by atoms with Gasteiger partial charge < -0.3 is 10.7 Å². The van der Waals surface area contributed by atoms with Crippen LogP contribution in [0.4, 0.5) is 18.9 Å². The molecule has 0 saturated carbocycles. The van der Waals surface area contributed by atoms with Crippen LogP contribution in [0.5, 0.6) is 0 Å². The summed E-state index contributed by atoms with van der Waals surface area (Å²) in [6.07, 6.45) is -1.38. The molecule has 0 aliphatic heterocycles. The highest BCUT2D eigenvalue weighted by Gasteiger charge is 2.30. The van der Waals surface area contributed by atoms with Gasteiger partial charge in [-0.2, -0.15) is 13.2 Å². The number of nitrogens with two attached hydrogens (primary N) is 1. The molecule has 0 radical (unpaired) electrons. The van der Waals surface area contributed by atoms with Crippen molar-refractivity contribution in [3.8, 4) is 11.4 Å². The molecule has 0 aliphatic rings. The molecular formula is C13H9F3N4. The first kappa shape index (κ1) is 12.5. The van der Waals surface area contributed by atoms with Crippen molar-refractivity contribution in [2.75, 3.05) is 5.73 Å². The largest absolute Gasteiger partial charge is 0.416 e. The summed E-state index contributed by atoms with van der Waals surface area (Å²) in [6.45, 7) is 0. The van der Waals surface area contributed by atoms with E-state index in [1.807, 2.05) is 0 Å². The van der Waals surface area contributed by atoms with E-state index in [2.05, 4.69) is 15.0 Å². The molecule has 0 spiro atoms. The van der Waals surface area contributed by atoms with Crippen molar-refractivity contribution < 1.29 is 13.2 Å². The first-order valence-corrected chi connectivity index (χ1v) is 5.72. The fourth-order valence-electron chi connectivity index (χ4n) is 1.94. The second-order valence-electron chi connectivity index (χ2n) is 4.28. The molecule has 3 aromatic rings. The van der Waals surface area contributed by atoms with Crippen LogP contribution in [0, 0.1) is 0 Å². The number of H-pyrrole nitrogens is 1. The Morgan fingerprint density at radius 2 is 1.95 bits per heavy atom. The van der Waals surface area contributed by atoms with E-state index in [1.165, 1.54) is 12.3 Å². The molecule has 0 amide bonds. The molecule has 20 heavy (non-hydrogen) atoms. The fraction of sp³-hybridized carbons (Fsp3) is 0.0769. The summed E-state index contributed by atoms with van der Waals surface area (Å²) >= 11 is 0. The van der Waals surface area contributed by atoms with Crippen LogP contribution in [0.25, 0.3) is 22.4 Å². The third-order valence-corrected chi connectivity index (χ3v) is 2.92. The Labute approximate surface area is 111 Å². The summed E-state index contributed by atoms with van der Waals surface area (Å²) in [6, 6.07) is 5.01. The van der Waals surface area contributed by atoms with Gasteiger partial charge in [0.15, 0.2) is 0 Å². The lowest BCUT2D eigenvalue weighted by molar-refractivity contribution is -0.137. The third-order valence-electron chi connectivity index (χ3n) is 2.92. The van der Waals surface area contributed by atoms with Crippen LogP contribution in [0.3, 0.4) is 0 Å². The quantitative estimate of drug-likeness (QED) is 0.718. The van der Waals surface area contributed by atoms with Crippen LogP contribution in [0.2, 0.25) is 0 Å². The number of nitrogens with one attached hydrogen (secondary N) is 1. The van der Waals surface area contributed by atoms with Crippen molar-refractivity contribution in [3.05, 3.63) is 42.2 Å². The van der Waals surface area contributed by atoms with E-state index in [0.717, 1.165) is 12.1 Å². The zero-order valence-corrected chi connectivity index (χ0v) is 10.1. The highest BCUT2D eigenvalue weighted by molar-refractivity contribution is 5.82. The van der Waals surface area contributed by atoms with Crippen LogP contribution in [0.1, 0.15) is 5.56 Å². The molecule has 2 aromatic heterocycles. The van der Waals surface area contributed by atoms with Gasteiger partial charge in [0, 0.05) is 11.8 Å². The van der Waals surface area contributed by atoms with Gasteiger partial charge in [0.05, 0.1) is 28.5 Å². The lowest BCUT2D eigenvalue weighted by Crippen LogP contribution is -2.04. The first-order valence-electron chi connectivity index (χ1n) is 5.72. The molecule has 0 aliphatic carbocycles. The Hall–Kier alpha value is -2.57. The maximum absolute atomic E-state index is 12.6. The lowest BCUT2D eigenvalue weighted by Gasteiger charge is -2.05. The topological polar surface area (TPSA) is 67.6 Å². The Balaban J connectivity index is 2.14. The van der Waals surface area contributed by atoms with Crippen LogP contribution < -0.4 is 5.73 Å². The van der Waals surface area contributed by atoms with Crippen LogP contribution >= 0.6 is 0 Å². The van der Waals surface area contributed by atoms with Gasteiger partial charge in [0.1, 0.15) is 5.82 Å². The zero-order valence-electron chi connectivity index (χ0n) is 10.1. The normalized spacial score (nSPS) is 11.9. The number of nitrogens with zero attached hydrogens (tertiary/aromatic N) is 2. The van der Waals surface area contributed by atoms with Crippen molar-refractivity contribution in [1.29, 1.82) is 0 Å². The number of fused-ring (bicyclic) bond motifs is 1. The molecular weight excluding hydrogens is 269 g/mol. The van der Waals surface area contributed by atoms with Crippen molar-refractivity contribution >= 4 is 16.7 Å². The molecule has 0 unspecified atom stereocenters. The minimum absolute atomic E-state index is 0.311. The number of benzene rings is 1. The fourth-order valence-corrected chi connectivity index (χ4v) is 1.94. The van der Waals surface area contributed by atoms with Crippen molar-refractivity contribution in [1.82, 2.24) is 15.0 Å². The number of pyridine rings is 1. The maximum Gasteiger partial charge on any atom is 0.416 e. The minimum atomic E-state index is -4.38. The summed E-state index contributed by atoms with van der Waals surface area (Å²) in [5.74, 6) is 0.416. The molecule has 0 fully saturated rings. The first-order chi connectivity index (χ1) is 9.45. The number of aromatic amines is 1. The van der Waals surface area contributed by atoms with Gasteiger partial charge in [-0.25, -0.2) is 4.98 Å². The Kier molecular flexibility index (Phi) is 2.63. The van der Waals surface area contributed by atoms with Crippen LogP contribution in [0.15, 0.2) is 36.7 Å². The van der Waals surface area contributed by atoms with E-state index in [9.17, 15) is 13.2 Å². The van der Waals surface area contributed by atoms with E-state index in [-0.39, 0.29) is 0 Å². The molecule has 2 heterocycles. The zero-order chi connectivity index (χ0) is 14.3. The van der Waals surface area contributed by atoms with Gasteiger partial charge in [-0.1, -0.05) is 0 Å². The minimum Gasteiger partial charge on any atom is -0.397 e. The van der Waals surface area contributed by atoms with Gasteiger partial charge in [-0.05, 0) is 24.3 Å². The summed E-state index contributed by atoms with van der Waals surface area (Å²) in [7, 11) is 0. The number of nitrogen functional groups attached to an aromatic ring is 1. The molecule has 0 saturated heterocycles. The second-order valence-corrected chi connectivity index (χ2v) is 4.28. The Morgan fingerprint density at radius 1 is 1.15 bits per heavy atom. The van der Waals surface area contributed by atoms with Crippen LogP contribution in [-0.4, -0.2) is 15.0 Å². The SMILES string of the molecule is Nc1cnccc1-c1nc2ccc(C(F)(F)F)cc2[nH]1. The van der Waals surface area contributed by atoms with E-state index in [1.54, 1.807) is 12.3 Å². The Bertz CT molecular complexity index is 777. The van der Waals surface area contributed by atoms with Crippen molar-refractivity contribution in [2.45, 2.75) is 6.18 Å². The van der Waals surface area contributed by atoms with E-state index < -0.39 is 11.7 Å². The highest BCUT2D eigenvalue weighted by atomic mass is 19.4. The van der Waals surface area contributed by atoms with E-state index in [4.69, 9.17) is 5.73 Å². The number of alkyl halides is 3. The predicted molar refractivity (Wildman–Crippen MR) is 68.7 cm³/mol. The number of rotatable bonds is 1. The molecule has 4 nitrogen and oxygen atoms in total. The molecule has 0 bridgehead atoms. The highest BCUT2D eigenvalue weighted by Crippen LogP contribution is 2.32. The number of halogens is 3. The number of imidazole rings is 1. The number of anilines is 1. The van der Waals surface area contributed by atoms with Gasteiger partial charge >= 0.3 is 6.18 Å². The van der Waals surface area contributed by atoms with Crippen LogP contribution in [-0.2, 0) is 6.18 Å². The second kappa shape index (κ2) is 4.22. The standard InChI is InChI=1S/C13H9F3N4/c14-13(15,16)7-1-2-10-11(5-7)20-12(19-10)8-3-4-18-6-9(8)17/h1-6H,17H2,(H,19,20). The maximum atomic E-state index is 12.6. The molecule has 1 aromatic carbocycles. The monoisotopic (exact) mass is 278 g/mol. The number of hydrogen-bond donors (Lipinski definition) is 2. The van der Waals surface area contributed by atoms with Gasteiger partial charge in [-0.3, -0.25) is 4.98 Å². The van der Waals surface area contributed by atoms with Crippen molar-refractivity contribution in [3.63, 3.8) is 0 Å². The third kappa shape index (κ3) is 2.07. The molecule has 3 N–H and O–H groups in total. The van der Waals surface area contributed by atoms with E-state index >= 15 is 0 Å². The summed E-state index contributed by atoms with van der Waals surface area (Å²) in [4.78, 5) is 10.9. The van der Waals surface area contributed by atoms with Gasteiger partial charge in [-0.15, -0.1) is 0 Å². The summed E-state index contributed by atoms with van der Waals surface area (Å²) < 4.78 is 37.9. The van der Waals surface area contributed by atoms with Gasteiger partial charge in [0.2, 0.25) is 0 Å². The number of hydrogen-bond acceptors (Lipinski definition) is 3. The average molecular weight is 278 g/mol. The molecule has 7 heteroatoms. The number of aromatic nitrogens is 3. The predicted octanol–water partition coefficient (Wildman–Crippen LogP) is 3.23. The van der Waals surface area contributed by atoms with E-state index in [0.29, 0.717) is 28.1 Å². The summed E-state index contributed by atoms with van der Waals surface area (Å²) in [5.41, 5.74) is 6.82. The molecule has 3 rings (SSSR count). The Morgan fingerprint density at radius 3 is 2.65 bits per heavy atom.